The number of benzene rings is 2. The van der Waals surface area contributed by atoms with Crippen LogP contribution in [0.25, 0.3) is 10.2 Å². The van der Waals surface area contributed by atoms with Gasteiger partial charge in [0, 0.05) is 30.4 Å². The van der Waals surface area contributed by atoms with Gasteiger partial charge in [0.15, 0.2) is 0 Å². The first-order valence-corrected chi connectivity index (χ1v) is 12.0. The topological polar surface area (TPSA) is 62.7 Å². The van der Waals surface area contributed by atoms with Crippen LogP contribution < -0.4 is 4.74 Å². The summed E-state index contributed by atoms with van der Waals surface area (Å²) in [6.07, 6.45) is 1.23. The van der Waals surface area contributed by atoms with Gasteiger partial charge in [-0.1, -0.05) is 41.6 Å². The van der Waals surface area contributed by atoms with Crippen molar-refractivity contribution in [3.63, 3.8) is 0 Å². The third kappa shape index (κ3) is 4.72. The van der Waals surface area contributed by atoms with Crippen molar-refractivity contribution in [3.8, 4) is 10.9 Å². The predicted octanol–water partition coefficient (Wildman–Crippen LogP) is 4.33. The lowest BCUT2D eigenvalue weighted by Gasteiger charge is -2.36. The van der Waals surface area contributed by atoms with Crippen LogP contribution in [-0.4, -0.2) is 48.5 Å². The molecule has 9 heteroatoms. The van der Waals surface area contributed by atoms with Crippen LogP contribution in [-0.2, 0) is 16.6 Å². The van der Waals surface area contributed by atoms with Crippen molar-refractivity contribution in [2.45, 2.75) is 6.54 Å². The van der Waals surface area contributed by atoms with E-state index in [2.05, 4.69) is 16.5 Å². The van der Waals surface area contributed by atoms with Crippen LogP contribution >= 0.6 is 22.9 Å². The van der Waals surface area contributed by atoms with E-state index in [0.29, 0.717) is 42.1 Å². The summed E-state index contributed by atoms with van der Waals surface area (Å²) < 4.78 is 31.8. The Morgan fingerprint density at radius 2 is 1.97 bits per heavy atom. The molecule has 6 nitrogen and oxygen atoms in total. The maximum Gasteiger partial charge on any atom is 0.279 e. The SMILES string of the molecule is C=C1CN(S(C)(=O)=O)CCN1Cc1ccc(Oc2nc3cc(Cl)ccc3s2)cc1. The maximum atomic E-state index is 11.7. The number of halogens is 1. The van der Waals surface area contributed by atoms with E-state index < -0.39 is 10.0 Å². The lowest BCUT2D eigenvalue weighted by atomic mass is 10.2. The molecular formula is C20H20ClN3O3S2. The molecule has 1 aromatic heterocycles. The van der Waals surface area contributed by atoms with Crippen LogP contribution in [0, 0.1) is 0 Å². The maximum absolute atomic E-state index is 11.7. The molecule has 1 fully saturated rings. The Morgan fingerprint density at radius 3 is 2.66 bits per heavy atom. The summed E-state index contributed by atoms with van der Waals surface area (Å²) in [5.41, 5.74) is 2.72. The van der Waals surface area contributed by atoms with Gasteiger partial charge in [-0.25, -0.2) is 13.4 Å². The van der Waals surface area contributed by atoms with Crippen molar-refractivity contribution >= 4 is 43.2 Å². The highest BCUT2D eigenvalue weighted by Gasteiger charge is 2.25. The van der Waals surface area contributed by atoms with Crippen LogP contribution in [0.3, 0.4) is 0 Å². The molecule has 2 heterocycles. The standard InChI is InChI=1S/C20H20ClN3O3S2/c1-14-12-24(29(2,25)26)10-9-23(14)13-15-3-6-17(7-4-15)27-20-22-18-11-16(21)5-8-19(18)28-20/h3-8,11H,1,9-10,12-13H2,2H3. The van der Waals surface area contributed by atoms with Gasteiger partial charge in [-0.3, -0.25) is 0 Å². The number of thiazole rings is 1. The Kier molecular flexibility index (Phi) is 5.52. The molecular weight excluding hydrogens is 430 g/mol. The van der Waals surface area contributed by atoms with Gasteiger partial charge in [0.25, 0.3) is 5.19 Å². The molecule has 1 aliphatic rings. The van der Waals surface area contributed by atoms with Crippen molar-refractivity contribution in [1.82, 2.24) is 14.2 Å². The van der Waals surface area contributed by atoms with Crippen molar-refractivity contribution in [1.29, 1.82) is 0 Å². The molecule has 0 spiro atoms. The van der Waals surface area contributed by atoms with E-state index >= 15 is 0 Å². The summed E-state index contributed by atoms with van der Waals surface area (Å²) in [6, 6.07) is 13.4. The molecule has 0 saturated carbocycles. The van der Waals surface area contributed by atoms with E-state index in [0.717, 1.165) is 21.5 Å². The Morgan fingerprint density at radius 1 is 1.21 bits per heavy atom. The van der Waals surface area contributed by atoms with Crippen molar-refractivity contribution in [2.75, 3.05) is 25.9 Å². The fraction of sp³-hybridized carbons (Fsp3) is 0.250. The minimum atomic E-state index is -3.19. The van der Waals surface area contributed by atoms with Gasteiger partial charge in [-0.05, 0) is 35.9 Å². The molecule has 2 aromatic carbocycles. The van der Waals surface area contributed by atoms with E-state index in [4.69, 9.17) is 16.3 Å². The second-order valence-electron chi connectivity index (χ2n) is 6.92. The fourth-order valence-electron chi connectivity index (χ4n) is 3.15. The van der Waals surface area contributed by atoms with Gasteiger partial charge in [-0.2, -0.15) is 4.31 Å². The smallest absolute Gasteiger partial charge is 0.279 e. The number of fused-ring (bicyclic) bond motifs is 1. The largest absolute Gasteiger partial charge is 0.431 e. The summed E-state index contributed by atoms with van der Waals surface area (Å²) in [7, 11) is -3.19. The average Bonchev–Trinajstić information content (AvgIpc) is 3.05. The van der Waals surface area contributed by atoms with E-state index in [-0.39, 0.29) is 0 Å². The minimum absolute atomic E-state index is 0.335. The molecule has 0 radical (unpaired) electrons. The zero-order chi connectivity index (χ0) is 20.6. The summed E-state index contributed by atoms with van der Waals surface area (Å²) in [5.74, 6) is 0.708. The van der Waals surface area contributed by atoms with Gasteiger partial charge in [0.05, 0.1) is 23.0 Å². The van der Waals surface area contributed by atoms with Gasteiger partial charge in [0.2, 0.25) is 10.0 Å². The van der Waals surface area contributed by atoms with Crippen molar-refractivity contribution in [3.05, 3.63) is 65.3 Å². The molecule has 4 rings (SSSR count). The molecule has 1 saturated heterocycles. The quantitative estimate of drug-likeness (QED) is 0.580. The second kappa shape index (κ2) is 7.95. The third-order valence-electron chi connectivity index (χ3n) is 4.73. The van der Waals surface area contributed by atoms with Crippen LogP contribution in [0.2, 0.25) is 5.02 Å². The van der Waals surface area contributed by atoms with Crippen LogP contribution in [0.1, 0.15) is 5.56 Å². The third-order valence-corrected chi connectivity index (χ3v) is 7.13. The highest BCUT2D eigenvalue weighted by atomic mass is 35.5. The molecule has 0 aliphatic carbocycles. The number of piperazine rings is 1. The van der Waals surface area contributed by atoms with Crippen LogP contribution in [0.4, 0.5) is 0 Å². The molecule has 29 heavy (non-hydrogen) atoms. The van der Waals surface area contributed by atoms with Gasteiger partial charge < -0.3 is 9.64 Å². The number of hydrogen-bond donors (Lipinski definition) is 0. The minimum Gasteiger partial charge on any atom is -0.431 e. The number of rotatable bonds is 5. The number of nitrogens with zero attached hydrogens (tertiary/aromatic N) is 3. The van der Waals surface area contributed by atoms with E-state index in [1.165, 1.54) is 21.9 Å². The zero-order valence-corrected chi connectivity index (χ0v) is 18.2. The predicted molar refractivity (Wildman–Crippen MR) is 117 cm³/mol. The molecule has 0 amide bonds. The highest BCUT2D eigenvalue weighted by molar-refractivity contribution is 7.88. The highest BCUT2D eigenvalue weighted by Crippen LogP contribution is 2.32. The first kappa shape index (κ1) is 20.2. The lowest BCUT2D eigenvalue weighted by molar-refractivity contribution is 0.238. The summed E-state index contributed by atoms with van der Waals surface area (Å²) >= 11 is 7.48. The van der Waals surface area contributed by atoms with E-state index in [1.807, 2.05) is 42.5 Å². The van der Waals surface area contributed by atoms with E-state index in [9.17, 15) is 8.42 Å². The Balaban J connectivity index is 1.39. The molecule has 0 N–H and O–H groups in total. The number of hydrogen-bond acceptors (Lipinski definition) is 6. The van der Waals surface area contributed by atoms with Crippen molar-refractivity contribution in [2.24, 2.45) is 0 Å². The average molecular weight is 450 g/mol. The van der Waals surface area contributed by atoms with Gasteiger partial charge in [0.1, 0.15) is 5.75 Å². The van der Waals surface area contributed by atoms with E-state index in [1.54, 1.807) is 0 Å². The first-order chi connectivity index (χ1) is 13.8. The van der Waals surface area contributed by atoms with Crippen LogP contribution in [0.15, 0.2) is 54.7 Å². The number of ether oxygens (including phenoxy) is 1. The Labute approximate surface area is 179 Å². The molecule has 0 bridgehead atoms. The molecule has 0 unspecified atom stereocenters. The number of sulfonamides is 1. The Hall–Kier alpha value is -2.13. The summed E-state index contributed by atoms with van der Waals surface area (Å²) in [5, 5.41) is 1.22. The van der Waals surface area contributed by atoms with Crippen LogP contribution in [0.5, 0.6) is 10.9 Å². The second-order valence-corrected chi connectivity index (χ2v) is 10.3. The number of aromatic nitrogens is 1. The molecule has 3 aromatic rings. The molecule has 1 aliphatic heterocycles. The summed E-state index contributed by atoms with van der Waals surface area (Å²) in [4.78, 5) is 6.57. The monoisotopic (exact) mass is 449 g/mol. The zero-order valence-electron chi connectivity index (χ0n) is 15.8. The lowest BCUT2D eigenvalue weighted by Crippen LogP contribution is -2.46. The normalized spacial score (nSPS) is 15.8. The molecule has 152 valence electrons. The first-order valence-electron chi connectivity index (χ1n) is 8.99. The fourth-order valence-corrected chi connectivity index (χ4v) is 4.93. The van der Waals surface area contributed by atoms with Crippen molar-refractivity contribution < 1.29 is 13.2 Å². The summed E-state index contributed by atoms with van der Waals surface area (Å²) in [6.45, 7) is 6.14. The van der Waals surface area contributed by atoms with Gasteiger partial charge in [-0.15, -0.1) is 0 Å². The Bertz CT molecular complexity index is 1160. The molecule has 0 atom stereocenters. The van der Waals surface area contributed by atoms with Gasteiger partial charge >= 0.3 is 0 Å².